The summed E-state index contributed by atoms with van der Waals surface area (Å²) in [6, 6.07) is 19.1. The number of hydrogen-bond acceptors (Lipinski definition) is 4. The number of nitrogens with zero attached hydrogens (tertiary/aromatic N) is 2. The van der Waals surface area contributed by atoms with Crippen LogP contribution in [0.5, 0.6) is 0 Å². The molecule has 3 aromatic rings. The number of hydrazone groups is 1. The quantitative estimate of drug-likeness (QED) is 0.449. The second-order valence-electron chi connectivity index (χ2n) is 4.90. The molecule has 0 unspecified atom stereocenters. The molecule has 2 aromatic carbocycles. The van der Waals surface area contributed by atoms with E-state index in [1.54, 1.807) is 0 Å². The molecule has 3 rings (SSSR count). The predicted molar refractivity (Wildman–Crippen MR) is 95.4 cm³/mol. The highest BCUT2D eigenvalue weighted by atomic mass is 35.5. The summed E-state index contributed by atoms with van der Waals surface area (Å²) in [5, 5.41) is 4.20. The molecule has 0 fully saturated rings. The van der Waals surface area contributed by atoms with E-state index >= 15 is 0 Å². The van der Waals surface area contributed by atoms with Crippen molar-refractivity contribution < 1.29 is 0 Å². The van der Waals surface area contributed by atoms with Gasteiger partial charge in [-0.05, 0) is 5.56 Å². The Morgan fingerprint density at radius 1 is 1.09 bits per heavy atom. The summed E-state index contributed by atoms with van der Waals surface area (Å²) in [5.74, 6) is 5.54. The molecule has 6 heteroatoms. The second kappa shape index (κ2) is 6.81. The minimum atomic E-state index is -0.133. The molecule has 0 bridgehead atoms. The van der Waals surface area contributed by atoms with Gasteiger partial charge in [0.1, 0.15) is 10.9 Å². The molecule has 0 radical (unpaired) electrons. The standard InChI is InChI=1S/C17H14ClN3OS/c18-16-15(14(20-19)13-9-5-2-6-10-13)23-17(22)21(16)11-12-7-3-1-4-8-12/h1-10H,11,19H2/b20-14-. The first-order valence-corrected chi connectivity index (χ1v) is 8.17. The van der Waals surface area contributed by atoms with Crippen LogP contribution in [0.25, 0.3) is 0 Å². The van der Waals surface area contributed by atoms with Gasteiger partial charge in [-0.15, -0.1) is 0 Å². The van der Waals surface area contributed by atoms with Crippen LogP contribution in [-0.2, 0) is 6.54 Å². The molecular weight excluding hydrogens is 330 g/mol. The monoisotopic (exact) mass is 343 g/mol. The highest BCUT2D eigenvalue weighted by Gasteiger charge is 2.19. The van der Waals surface area contributed by atoms with Gasteiger partial charge in [0.25, 0.3) is 0 Å². The van der Waals surface area contributed by atoms with Crippen molar-refractivity contribution in [2.45, 2.75) is 6.54 Å². The molecule has 0 aliphatic rings. The molecule has 0 amide bonds. The highest BCUT2D eigenvalue weighted by Crippen LogP contribution is 2.23. The molecule has 0 saturated carbocycles. The lowest BCUT2D eigenvalue weighted by atomic mass is 10.1. The largest absolute Gasteiger partial charge is 0.323 e. The van der Waals surface area contributed by atoms with Crippen molar-refractivity contribution >= 4 is 28.6 Å². The minimum Gasteiger partial charge on any atom is -0.323 e. The Bertz CT molecular complexity index is 885. The fraction of sp³-hybridized carbons (Fsp3) is 0.0588. The maximum atomic E-state index is 12.3. The van der Waals surface area contributed by atoms with E-state index in [1.165, 1.54) is 4.57 Å². The summed E-state index contributed by atoms with van der Waals surface area (Å²) >= 11 is 7.49. The molecule has 0 atom stereocenters. The number of nitrogens with two attached hydrogens (primary N) is 1. The Hall–Kier alpha value is -2.37. The predicted octanol–water partition coefficient (Wildman–Crippen LogP) is 3.32. The lowest BCUT2D eigenvalue weighted by molar-refractivity contribution is 0.784. The van der Waals surface area contributed by atoms with Gasteiger partial charge < -0.3 is 5.84 Å². The van der Waals surface area contributed by atoms with Gasteiger partial charge in [-0.3, -0.25) is 9.36 Å². The van der Waals surface area contributed by atoms with Crippen molar-refractivity contribution in [3.63, 3.8) is 0 Å². The van der Waals surface area contributed by atoms with Gasteiger partial charge in [0.05, 0.1) is 11.4 Å². The van der Waals surface area contributed by atoms with E-state index in [0.717, 1.165) is 22.5 Å². The van der Waals surface area contributed by atoms with E-state index < -0.39 is 0 Å². The van der Waals surface area contributed by atoms with Gasteiger partial charge in [0, 0.05) is 5.56 Å². The van der Waals surface area contributed by atoms with Gasteiger partial charge in [0.15, 0.2) is 0 Å². The first kappa shape index (κ1) is 15.5. The zero-order valence-corrected chi connectivity index (χ0v) is 13.7. The van der Waals surface area contributed by atoms with Crippen LogP contribution in [0.2, 0.25) is 5.15 Å². The summed E-state index contributed by atoms with van der Waals surface area (Å²) in [6.45, 7) is 0.418. The van der Waals surface area contributed by atoms with Gasteiger partial charge in [-0.2, -0.15) is 5.10 Å². The fourth-order valence-corrected chi connectivity index (χ4v) is 3.59. The molecule has 2 N–H and O–H groups in total. The SMILES string of the molecule is N/N=C(/c1ccccc1)c1sc(=O)n(Cc2ccccc2)c1Cl. The number of thiazole rings is 1. The van der Waals surface area contributed by atoms with Crippen molar-refractivity contribution in [1.82, 2.24) is 4.57 Å². The van der Waals surface area contributed by atoms with E-state index in [-0.39, 0.29) is 4.87 Å². The van der Waals surface area contributed by atoms with E-state index in [9.17, 15) is 4.79 Å². The van der Waals surface area contributed by atoms with Crippen LogP contribution >= 0.6 is 22.9 Å². The zero-order valence-electron chi connectivity index (χ0n) is 12.1. The van der Waals surface area contributed by atoms with Crippen molar-refractivity contribution in [2.75, 3.05) is 0 Å². The molecule has 0 saturated heterocycles. The van der Waals surface area contributed by atoms with E-state index in [0.29, 0.717) is 22.3 Å². The van der Waals surface area contributed by atoms with Crippen LogP contribution in [-0.4, -0.2) is 10.3 Å². The summed E-state index contributed by atoms with van der Waals surface area (Å²) in [6.07, 6.45) is 0. The number of rotatable bonds is 4. The van der Waals surface area contributed by atoms with Gasteiger partial charge in [0.2, 0.25) is 0 Å². The van der Waals surface area contributed by atoms with Crippen LogP contribution in [0.1, 0.15) is 16.0 Å². The highest BCUT2D eigenvalue weighted by molar-refractivity contribution is 7.12. The first-order chi connectivity index (χ1) is 11.2. The number of halogens is 1. The van der Waals surface area contributed by atoms with E-state index in [4.69, 9.17) is 17.4 Å². The second-order valence-corrected chi connectivity index (χ2v) is 6.22. The summed E-state index contributed by atoms with van der Waals surface area (Å²) in [4.78, 5) is 12.8. The van der Waals surface area contributed by atoms with E-state index in [1.807, 2.05) is 60.7 Å². The number of hydrogen-bond donors (Lipinski definition) is 1. The van der Waals surface area contributed by atoms with Crippen LogP contribution in [0.4, 0.5) is 0 Å². The molecule has 0 aliphatic heterocycles. The Morgan fingerprint density at radius 2 is 1.70 bits per heavy atom. The van der Waals surface area contributed by atoms with Crippen LogP contribution in [0.15, 0.2) is 70.6 Å². The van der Waals surface area contributed by atoms with Gasteiger partial charge >= 0.3 is 4.87 Å². The molecule has 23 heavy (non-hydrogen) atoms. The summed E-state index contributed by atoms with van der Waals surface area (Å²) in [7, 11) is 0. The molecule has 116 valence electrons. The summed E-state index contributed by atoms with van der Waals surface area (Å²) in [5.41, 5.74) is 2.35. The number of aromatic nitrogens is 1. The molecule has 4 nitrogen and oxygen atoms in total. The average molecular weight is 344 g/mol. The van der Waals surface area contributed by atoms with Crippen LogP contribution in [0.3, 0.4) is 0 Å². The normalized spacial score (nSPS) is 11.6. The van der Waals surface area contributed by atoms with Crippen LogP contribution in [0, 0.1) is 0 Å². The van der Waals surface area contributed by atoms with Crippen molar-refractivity contribution in [2.24, 2.45) is 10.9 Å². The maximum Gasteiger partial charge on any atom is 0.309 e. The molecule has 1 aromatic heterocycles. The zero-order chi connectivity index (χ0) is 16.2. The third-order valence-electron chi connectivity index (χ3n) is 3.41. The third-order valence-corrected chi connectivity index (χ3v) is 4.90. The average Bonchev–Trinajstić information content (AvgIpc) is 2.86. The Kier molecular flexibility index (Phi) is 4.60. The molecule has 1 heterocycles. The lowest BCUT2D eigenvalue weighted by Crippen LogP contribution is -2.14. The van der Waals surface area contributed by atoms with E-state index in [2.05, 4.69) is 5.10 Å². The molecular formula is C17H14ClN3OS. The Morgan fingerprint density at radius 3 is 2.30 bits per heavy atom. The first-order valence-electron chi connectivity index (χ1n) is 6.97. The third kappa shape index (κ3) is 3.21. The minimum absolute atomic E-state index is 0.133. The van der Waals surface area contributed by atoms with Gasteiger partial charge in [-0.25, -0.2) is 0 Å². The number of benzene rings is 2. The fourth-order valence-electron chi connectivity index (χ4n) is 2.29. The lowest BCUT2D eigenvalue weighted by Gasteiger charge is -2.06. The van der Waals surface area contributed by atoms with Crippen LogP contribution < -0.4 is 10.7 Å². The molecule has 0 aliphatic carbocycles. The summed E-state index contributed by atoms with van der Waals surface area (Å²) < 4.78 is 1.53. The van der Waals surface area contributed by atoms with Crippen molar-refractivity contribution in [1.29, 1.82) is 0 Å². The topological polar surface area (TPSA) is 60.4 Å². The Balaban J connectivity index is 2.02. The Labute approximate surface area is 142 Å². The van der Waals surface area contributed by atoms with Crippen molar-refractivity contribution in [3.8, 4) is 0 Å². The molecule has 0 spiro atoms. The van der Waals surface area contributed by atoms with Crippen molar-refractivity contribution in [3.05, 3.63) is 91.5 Å². The van der Waals surface area contributed by atoms with Gasteiger partial charge in [-0.1, -0.05) is 83.6 Å². The maximum absolute atomic E-state index is 12.3. The smallest absolute Gasteiger partial charge is 0.309 e.